The number of hydrogen-bond donors (Lipinski definition) is 0. The van der Waals surface area contributed by atoms with Crippen molar-refractivity contribution in [1.82, 2.24) is 4.90 Å². The van der Waals surface area contributed by atoms with Gasteiger partial charge in [0.15, 0.2) is 0 Å². The van der Waals surface area contributed by atoms with Gasteiger partial charge in [-0.1, -0.05) is 20.3 Å². The zero-order chi connectivity index (χ0) is 16.8. The molecule has 0 N–H and O–H groups in total. The second kappa shape index (κ2) is 8.14. The molecule has 23 heavy (non-hydrogen) atoms. The van der Waals surface area contributed by atoms with Gasteiger partial charge in [-0.05, 0) is 50.5 Å². The summed E-state index contributed by atoms with van der Waals surface area (Å²) in [5, 5.41) is 0. The van der Waals surface area contributed by atoms with Crippen LogP contribution in [0.2, 0.25) is 0 Å². The van der Waals surface area contributed by atoms with Crippen LogP contribution >= 0.6 is 0 Å². The van der Waals surface area contributed by atoms with Crippen LogP contribution in [0, 0.1) is 0 Å². The summed E-state index contributed by atoms with van der Waals surface area (Å²) in [6.07, 6.45) is 4.60. The van der Waals surface area contributed by atoms with E-state index in [0.717, 1.165) is 44.5 Å². The summed E-state index contributed by atoms with van der Waals surface area (Å²) in [7, 11) is 0. The lowest BCUT2D eigenvalue weighted by Crippen LogP contribution is -2.39. The van der Waals surface area contributed by atoms with Gasteiger partial charge in [0.05, 0.1) is 0 Å². The van der Waals surface area contributed by atoms with Crippen LogP contribution in [0.25, 0.3) is 0 Å². The van der Waals surface area contributed by atoms with Crippen LogP contribution in [0.5, 0.6) is 0 Å². The number of carbonyl (C=O) groups excluding carboxylic acids is 2. The quantitative estimate of drug-likeness (QED) is 0.766. The highest BCUT2D eigenvalue weighted by Crippen LogP contribution is 2.22. The van der Waals surface area contributed by atoms with E-state index in [2.05, 4.69) is 20.8 Å². The molecule has 4 nitrogen and oxygen atoms in total. The fourth-order valence-electron chi connectivity index (χ4n) is 2.94. The molecule has 2 rings (SSSR count). The SMILES string of the molecule is CCCCN(C(=O)c1ccc(N2CCCC2=O)cc1)C(C)CC. The molecule has 1 aromatic rings. The molecule has 0 spiro atoms. The van der Waals surface area contributed by atoms with E-state index >= 15 is 0 Å². The second-order valence-corrected chi connectivity index (χ2v) is 6.31. The maximum atomic E-state index is 12.8. The molecule has 0 radical (unpaired) electrons. The summed E-state index contributed by atoms with van der Waals surface area (Å²) in [6, 6.07) is 7.74. The fraction of sp³-hybridized carbons (Fsp3) is 0.579. The maximum absolute atomic E-state index is 12.8. The Labute approximate surface area is 139 Å². The van der Waals surface area contributed by atoms with Gasteiger partial charge in [-0.25, -0.2) is 0 Å². The topological polar surface area (TPSA) is 40.6 Å². The van der Waals surface area contributed by atoms with Crippen molar-refractivity contribution >= 4 is 17.5 Å². The normalized spacial score (nSPS) is 15.8. The zero-order valence-corrected chi connectivity index (χ0v) is 14.5. The Morgan fingerprint density at radius 3 is 2.48 bits per heavy atom. The minimum Gasteiger partial charge on any atom is -0.336 e. The van der Waals surface area contributed by atoms with Crippen LogP contribution in [0.3, 0.4) is 0 Å². The smallest absolute Gasteiger partial charge is 0.254 e. The predicted molar refractivity (Wildman–Crippen MR) is 93.7 cm³/mol. The molecular weight excluding hydrogens is 288 g/mol. The number of hydrogen-bond acceptors (Lipinski definition) is 2. The highest BCUT2D eigenvalue weighted by molar-refractivity contribution is 5.97. The van der Waals surface area contributed by atoms with E-state index in [4.69, 9.17) is 0 Å². The Balaban J connectivity index is 2.12. The third kappa shape index (κ3) is 4.12. The lowest BCUT2D eigenvalue weighted by atomic mass is 10.1. The van der Waals surface area contributed by atoms with Gasteiger partial charge in [0.2, 0.25) is 5.91 Å². The molecule has 0 saturated carbocycles. The van der Waals surface area contributed by atoms with Crippen LogP contribution in [0.1, 0.15) is 63.2 Å². The molecule has 1 aliphatic heterocycles. The van der Waals surface area contributed by atoms with Crippen molar-refractivity contribution < 1.29 is 9.59 Å². The van der Waals surface area contributed by atoms with Crippen molar-refractivity contribution in [3.05, 3.63) is 29.8 Å². The monoisotopic (exact) mass is 316 g/mol. The largest absolute Gasteiger partial charge is 0.336 e. The third-order valence-corrected chi connectivity index (χ3v) is 4.64. The summed E-state index contributed by atoms with van der Waals surface area (Å²) in [5.41, 5.74) is 1.60. The van der Waals surface area contributed by atoms with Crippen LogP contribution in [0.4, 0.5) is 5.69 Å². The molecule has 0 aromatic heterocycles. The highest BCUT2D eigenvalue weighted by atomic mass is 16.2. The van der Waals surface area contributed by atoms with Crippen molar-refractivity contribution in [1.29, 1.82) is 0 Å². The molecule has 1 aromatic carbocycles. The average molecular weight is 316 g/mol. The van der Waals surface area contributed by atoms with Gasteiger partial charge in [0, 0.05) is 36.8 Å². The first-order valence-corrected chi connectivity index (χ1v) is 8.79. The number of nitrogens with zero attached hydrogens (tertiary/aromatic N) is 2. The Morgan fingerprint density at radius 2 is 1.96 bits per heavy atom. The number of unbranched alkanes of at least 4 members (excludes halogenated alkanes) is 1. The number of carbonyl (C=O) groups is 2. The number of anilines is 1. The highest BCUT2D eigenvalue weighted by Gasteiger charge is 2.23. The van der Waals surface area contributed by atoms with Crippen molar-refractivity contribution in [2.75, 3.05) is 18.0 Å². The molecule has 1 aliphatic rings. The Bertz CT molecular complexity index is 539. The number of benzene rings is 1. The molecule has 1 heterocycles. The third-order valence-electron chi connectivity index (χ3n) is 4.64. The standard InChI is InChI=1S/C19H28N2O2/c1-4-6-13-20(15(3)5-2)19(23)16-9-11-17(12-10-16)21-14-7-8-18(21)22/h9-12,15H,4-8,13-14H2,1-3H3. The van der Waals surface area contributed by atoms with E-state index in [0.29, 0.717) is 12.0 Å². The van der Waals surface area contributed by atoms with E-state index in [1.54, 1.807) is 4.90 Å². The molecule has 126 valence electrons. The fourth-order valence-corrected chi connectivity index (χ4v) is 2.94. The lowest BCUT2D eigenvalue weighted by molar-refractivity contribution is -0.117. The molecule has 2 amide bonds. The zero-order valence-electron chi connectivity index (χ0n) is 14.5. The lowest BCUT2D eigenvalue weighted by Gasteiger charge is -2.29. The van der Waals surface area contributed by atoms with Gasteiger partial charge >= 0.3 is 0 Å². The molecule has 1 unspecified atom stereocenters. The number of amides is 2. The first kappa shape index (κ1) is 17.5. The summed E-state index contributed by atoms with van der Waals surface area (Å²) in [4.78, 5) is 28.4. The van der Waals surface area contributed by atoms with Crippen LogP contribution in [0.15, 0.2) is 24.3 Å². The molecule has 0 bridgehead atoms. The van der Waals surface area contributed by atoms with Gasteiger partial charge < -0.3 is 9.80 Å². The van der Waals surface area contributed by atoms with Crippen molar-refractivity contribution in [3.63, 3.8) is 0 Å². The molecule has 0 aliphatic carbocycles. The molecule has 1 saturated heterocycles. The molecule has 1 atom stereocenters. The van der Waals surface area contributed by atoms with Crippen molar-refractivity contribution in [2.45, 2.75) is 58.9 Å². The second-order valence-electron chi connectivity index (χ2n) is 6.31. The van der Waals surface area contributed by atoms with Gasteiger partial charge in [-0.2, -0.15) is 0 Å². The van der Waals surface area contributed by atoms with Crippen molar-refractivity contribution in [3.8, 4) is 0 Å². The molecule has 1 fully saturated rings. The first-order valence-electron chi connectivity index (χ1n) is 8.79. The van der Waals surface area contributed by atoms with Gasteiger partial charge in [-0.3, -0.25) is 9.59 Å². The summed E-state index contributed by atoms with van der Waals surface area (Å²) in [5.74, 6) is 0.264. The van der Waals surface area contributed by atoms with E-state index in [9.17, 15) is 9.59 Å². The van der Waals surface area contributed by atoms with Crippen LogP contribution < -0.4 is 4.90 Å². The van der Waals surface area contributed by atoms with Gasteiger partial charge in [0.1, 0.15) is 0 Å². The van der Waals surface area contributed by atoms with Gasteiger partial charge in [-0.15, -0.1) is 0 Å². The Kier molecular flexibility index (Phi) is 6.20. The van der Waals surface area contributed by atoms with E-state index in [1.165, 1.54) is 0 Å². The summed E-state index contributed by atoms with van der Waals surface area (Å²) >= 11 is 0. The van der Waals surface area contributed by atoms with Gasteiger partial charge in [0.25, 0.3) is 5.91 Å². The first-order chi connectivity index (χ1) is 11.1. The Morgan fingerprint density at radius 1 is 1.26 bits per heavy atom. The summed E-state index contributed by atoms with van der Waals surface area (Å²) in [6.45, 7) is 7.93. The van der Waals surface area contributed by atoms with Crippen LogP contribution in [-0.4, -0.2) is 35.8 Å². The summed E-state index contributed by atoms with van der Waals surface area (Å²) < 4.78 is 0. The van der Waals surface area contributed by atoms with Crippen LogP contribution in [-0.2, 0) is 4.79 Å². The minimum atomic E-state index is 0.0899. The average Bonchev–Trinajstić information content (AvgIpc) is 3.00. The predicted octanol–water partition coefficient (Wildman–Crippen LogP) is 3.85. The number of rotatable bonds is 7. The minimum absolute atomic E-state index is 0.0899. The van der Waals surface area contributed by atoms with Crippen molar-refractivity contribution in [2.24, 2.45) is 0 Å². The van der Waals surface area contributed by atoms with E-state index in [1.807, 2.05) is 29.2 Å². The van der Waals surface area contributed by atoms with E-state index in [-0.39, 0.29) is 17.9 Å². The maximum Gasteiger partial charge on any atom is 0.254 e. The Hall–Kier alpha value is -1.84. The molecular formula is C19H28N2O2. The van der Waals surface area contributed by atoms with E-state index < -0.39 is 0 Å². The molecule has 4 heteroatoms.